The first-order chi connectivity index (χ1) is 9.63. The average molecular weight is 279 g/mol. The number of carbonyl (C=O) groups is 2. The van der Waals surface area contributed by atoms with Crippen LogP contribution in [0.15, 0.2) is 30.3 Å². The van der Waals surface area contributed by atoms with E-state index in [1.54, 1.807) is 0 Å². The van der Waals surface area contributed by atoms with Gasteiger partial charge in [0.15, 0.2) is 0 Å². The van der Waals surface area contributed by atoms with Crippen molar-refractivity contribution in [2.45, 2.75) is 25.6 Å². The van der Waals surface area contributed by atoms with Gasteiger partial charge in [0, 0.05) is 6.92 Å². The van der Waals surface area contributed by atoms with Crippen molar-refractivity contribution in [2.75, 3.05) is 13.2 Å². The average Bonchev–Trinajstić information content (AvgIpc) is 3.17. The van der Waals surface area contributed by atoms with Gasteiger partial charge in [0.1, 0.15) is 13.2 Å². The van der Waals surface area contributed by atoms with Gasteiger partial charge in [0.05, 0.1) is 18.7 Å². The highest BCUT2D eigenvalue weighted by Crippen LogP contribution is 2.29. The Balaban J connectivity index is 1.81. The Kier molecular flexibility index (Phi) is 4.57. The lowest BCUT2D eigenvalue weighted by atomic mass is 10.2. The summed E-state index contributed by atoms with van der Waals surface area (Å²) in [5.41, 5.74) is 0.889. The zero-order chi connectivity index (χ0) is 14.5. The van der Waals surface area contributed by atoms with Gasteiger partial charge in [-0.25, -0.2) is 4.79 Å². The molecule has 1 aromatic carbocycles. The maximum atomic E-state index is 11.9. The molecule has 1 aromatic rings. The van der Waals surface area contributed by atoms with Crippen LogP contribution in [-0.4, -0.2) is 47.4 Å². The SMILES string of the molecule is CC(=O)OC[C@H]1[C@@H](CO)N1C(=O)OCc1ccccc1. The van der Waals surface area contributed by atoms with Gasteiger partial charge in [-0.15, -0.1) is 0 Å². The minimum absolute atomic E-state index is 0.0843. The first-order valence-corrected chi connectivity index (χ1v) is 6.36. The first-order valence-electron chi connectivity index (χ1n) is 6.36. The van der Waals surface area contributed by atoms with E-state index >= 15 is 0 Å². The van der Waals surface area contributed by atoms with Crippen molar-refractivity contribution in [3.8, 4) is 0 Å². The molecule has 1 N–H and O–H groups in total. The van der Waals surface area contributed by atoms with Crippen molar-refractivity contribution in [1.82, 2.24) is 4.90 Å². The summed E-state index contributed by atoms with van der Waals surface area (Å²) in [5.74, 6) is -0.411. The monoisotopic (exact) mass is 279 g/mol. The second-order valence-electron chi connectivity index (χ2n) is 4.57. The molecule has 1 fully saturated rings. The molecule has 6 heteroatoms. The van der Waals surface area contributed by atoms with E-state index in [0.717, 1.165) is 5.56 Å². The van der Waals surface area contributed by atoms with E-state index in [9.17, 15) is 9.59 Å². The van der Waals surface area contributed by atoms with Crippen LogP contribution in [0.3, 0.4) is 0 Å². The molecule has 0 spiro atoms. The Morgan fingerprint density at radius 1 is 1.20 bits per heavy atom. The van der Waals surface area contributed by atoms with Crippen molar-refractivity contribution in [3.05, 3.63) is 35.9 Å². The van der Waals surface area contributed by atoms with Crippen LogP contribution in [0.25, 0.3) is 0 Å². The highest BCUT2D eigenvalue weighted by atomic mass is 16.6. The molecule has 20 heavy (non-hydrogen) atoms. The zero-order valence-electron chi connectivity index (χ0n) is 11.2. The van der Waals surface area contributed by atoms with Gasteiger partial charge < -0.3 is 14.6 Å². The molecular weight excluding hydrogens is 262 g/mol. The summed E-state index contributed by atoms with van der Waals surface area (Å²) in [6.07, 6.45) is -0.509. The summed E-state index contributed by atoms with van der Waals surface area (Å²) in [7, 11) is 0. The molecule has 1 saturated heterocycles. The van der Waals surface area contributed by atoms with Gasteiger partial charge >= 0.3 is 12.1 Å². The molecule has 1 heterocycles. The summed E-state index contributed by atoms with van der Waals surface area (Å²) < 4.78 is 10.00. The van der Waals surface area contributed by atoms with E-state index < -0.39 is 12.1 Å². The van der Waals surface area contributed by atoms with Crippen LogP contribution in [0.4, 0.5) is 4.79 Å². The lowest BCUT2D eigenvalue weighted by Gasteiger charge is -2.07. The number of esters is 1. The van der Waals surface area contributed by atoms with Gasteiger partial charge in [0.25, 0.3) is 0 Å². The highest BCUT2D eigenvalue weighted by molar-refractivity contribution is 5.72. The minimum Gasteiger partial charge on any atom is -0.464 e. The number of benzene rings is 1. The lowest BCUT2D eigenvalue weighted by molar-refractivity contribution is -0.141. The Hall–Kier alpha value is -2.08. The van der Waals surface area contributed by atoms with Crippen molar-refractivity contribution in [3.63, 3.8) is 0 Å². The van der Waals surface area contributed by atoms with Crippen LogP contribution < -0.4 is 0 Å². The van der Waals surface area contributed by atoms with Crippen molar-refractivity contribution >= 4 is 12.1 Å². The van der Waals surface area contributed by atoms with E-state index in [1.807, 2.05) is 30.3 Å². The van der Waals surface area contributed by atoms with Gasteiger partial charge in [-0.2, -0.15) is 0 Å². The number of amides is 1. The van der Waals surface area contributed by atoms with Crippen LogP contribution in [0.2, 0.25) is 0 Å². The van der Waals surface area contributed by atoms with E-state index in [1.165, 1.54) is 11.8 Å². The van der Waals surface area contributed by atoms with Gasteiger partial charge in [-0.05, 0) is 5.56 Å². The highest BCUT2D eigenvalue weighted by Gasteiger charge is 2.52. The van der Waals surface area contributed by atoms with E-state index in [-0.39, 0.29) is 31.9 Å². The van der Waals surface area contributed by atoms with E-state index in [2.05, 4.69) is 0 Å². The number of hydrogen-bond donors (Lipinski definition) is 1. The molecule has 0 aliphatic carbocycles. The van der Waals surface area contributed by atoms with Crippen LogP contribution in [0.1, 0.15) is 12.5 Å². The standard InChI is InChI=1S/C14H17NO5/c1-10(17)19-9-13-12(7-16)15(13)14(18)20-8-11-5-3-2-4-6-11/h2-6,12-13,16H,7-9H2,1H3/t12-,13+,15?/m1/s1. The Bertz CT molecular complexity index is 476. The molecule has 0 bridgehead atoms. The number of nitrogens with zero attached hydrogens (tertiary/aromatic N) is 1. The molecule has 1 aliphatic rings. The largest absolute Gasteiger partial charge is 0.464 e. The molecule has 6 nitrogen and oxygen atoms in total. The molecule has 1 aliphatic heterocycles. The molecule has 1 amide bonds. The molecule has 0 saturated carbocycles. The fraction of sp³-hybridized carbons (Fsp3) is 0.429. The van der Waals surface area contributed by atoms with Crippen molar-refractivity contribution < 1.29 is 24.2 Å². The zero-order valence-corrected chi connectivity index (χ0v) is 11.2. The summed E-state index contributed by atoms with van der Waals surface area (Å²) in [6, 6.07) is 8.68. The quantitative estimate of drug-likeness (QED) is 0.641. The molecular formula is C14H17NO5. The van der Waals surface area contributed by atoms with Gasteiger partial charge in [0.2, 0.25) is 0 Å². The fourth-order valence-electron chi connectivity index (χ4n) is 2.00. The van der Waals surface area contributed by atoms with E-state index in [0.29, 0.717) is 0 Å². The van der Waals surface area contributed by atoms with Crippen LogP contribution in [0, 0.1) is 0 Å². The summed E-state index contributed by atoms with van der Waals surface area (Å²) >= 11 is 0. The van der Waals surface area contributed by atoms with Crippen LogP contribution in [0.5, 0.6) is 0 Å². The third kappa shape index (κ3) is 3.48. The maximum Gasteiger partial charge on any atom is 0.410 e. The predicted octanol–water partition coefficient (Wildman–Crippen LogP) is 0.931. The number of ether oxygens (including phenoxy) is 2. The molecule has 0 radical (unpaired) electrons. The Labute approximate surface area is 116 Å². The molecule has 0 unspecified atom stereocenters. The maximum absolute atomic E-state index is 11.9. The number of aliphatic hydroxyl groups is 1. The first kappa shape index (κ1) is 14.3. The summed E-state index contributed by atoms with van der Waals surface area (Å²) in [4.78, 5) is 24.0. The van der Waals surface area contributed by atoms with Gasteiger partial charge in [-0.3, -0.25) is 9.69 Å². The number of hydrogen-bond acceptors (Lipinski definition) is 5. The lowest BCUT2D eigenvalue weighted by Crippen LogP contribution is -2.19. The molecule has 2 atom stereocenters. The minimum atomic E-state index is -0.509. The fourth-order valence-corrected chi connectivity index (χ4v) is 2.00. The van der Waals surface area contributed by atoms with Crippen molar-refractivity contribution in [2.24, 2.45) is 0 Å². The molecule has 0 aromatic heterocycles. The smallest absolute Gasteiger partial charge is 0.410 e. The number of aliphatic hydroxyl groups excluding tert-OH is 1. The third-order valence-corrected chi connectivity index (χ3v) is 3.13. The normalized spacial score (nSPS) is 20.4. The molecule has 108 valence electrons. The number of rotatable bonds is 5. The van der Waals surface area contributed by atoms with E-state index in [4.69, 9.17) is 14.6 Å². The second-order valence-corrected chi connectivity index (χ2v) is 4.57. The number of carbonyl (C=O) groups excluding carboxylic acids is 2. The summed E-state index contributed by atoms with van der Waals surface area (Å²) in [5, 5.41) is 9.16. The molecule has 2 rings (SSSR count). The van der Waals surface area contributed by atoms with Crippen LogP contribution in [-0.2, 0) is 20.9 Å². The second kappa shape index (κ2) is 6.38. The van der Waals surface area contributed by atoms with Gasteiger partial charge in [-0.1, -0.05) is 30.3 Å². The Morgan fingerprint density at radius 3 is 2.50 bits per heavy atom. The third-order valence-electron chi connectivity index (χ3n) is 3.13. The topological polar surface area (TPSA) is 75.8 Å². The summed E-state index contributed by atoms with van der Waals surface area (Å²) in [6.45, 7) is 1.39. The Morgan fingerprint density at radius 2 is 1.90 bits per heavy atom. The van der Waals surface area contributed by atoms with Crippen molar-refractivity contribution in [1.29, 1.82) is 0 Å². The predicted molar refractivity (Wildman–Crippen MR) is 69.8 cm³/mol. The van der Waals surface area contributed by atoms with Crippen LogP contribution >= 0.6 is 0 Å².